The van der Waals surface area contributed by atoms with Crippen molar-refractivity contribution in [1.82, 2.24) is 5.01 Å². The Morgan fingerprint density at radius 1 is 1.50 bits per heavy atom. The number of aliphatic hydroxyl groups excluding tert-OH is 1. The first-order valence-electron chi connectivity index (χ1n) is 4.08. The van der Waals surface area contributed by atoms with Gasteiger partial charge in [-0.05, 0) is 17.1 Å². The van der Waals surface area contributed by atoms with Crippen LogP contribution in [0.1, 0.15) is 20.8 Å². The highest BCUT2D eigenvalue weighted by atomic mass is 16.3. The van der Waals surface area contributed by atoms with Crippen molar-refractivity contribution >= 4 is 6.21 Å². The Morgan fingerprint density at radius 3 is 2.50 bits per heavy atom. The van der Waals surface area contributed by atoms with Crippen LogP contribution in [0.25, 0.3) is 0 Å². The van der Waals surface area contributed by atoms with E-state index in [0.717, 1.165) is 5.57 Å². The van der Waals surface area contributed by atoms with Crippen LogP contribution in [-0.4, -0.2) is 29.6 Å². The molecule has 0 saturated carbocycles. The van der Waals surface area contributed by atoms with Crippen LogP contribution in [0.5, 0.6) is 0 Å². The lowest BCUT2D eigenvalue weighted by molar-refractivity contribution is 0.0389. The zero-order valence-electron chi connectivity index (χ0n) is 8.07. The Hall–Kier alpha value is -0.830. The molecular weight excluding hydrogens is 152 g/mol. The first-order chi connectivity index (χ1) is 5.43. The van der Waals surface area contributed by atoms with Gasteiger partial charge in [0.1, 0.15) is 0 Å². The number of rotatable bonds is 0. The summed E-state index contributed by atoms with van der Waals surface area (Å²) in [6.45, 7) is 6.24. The number of allylic oxidation sites excluding steroid dienone is 1. The minimum atomic E-state index is -0.574. The van der Waals surface area contributed by atoms with Crippen LogP contribution in [0.15, 0.2) is 16.8 Å². The maximum atomic E-state index is 9.72. The summed E-state index contributed by atoms with van der Waals surface area (Å²) < 4.78 is 0. The fraction of sp³-hybridized carbons (Fsp3) is 0.667. The summed E-state index contributed by atoms with van der Waals surface area (Å²) in [5.41, 5.74) is 1.00. The van der Waals surface area contributed by atoms with Gasteiger partial charge in [0, 0.05) is 13.3 Å². The second-order valence-electron chi connectivity index (χ2n) is 4.08. The number of aliphatic hydroxyl groups is 1. The van der Waals surface area contributed by atoms with E-state index < -0.39 is 6.23 Å². The standard InChI is InChI=1S/C9H16N2O/c1-9(2,3)7-5-6-10-11(4)8(7)12/h5-6,8,12H,1-4H3. The fourth-order valence-electron chi connectivity index (χ4n) is 1.21. The number of nitrogens with zero attached hydrogens (tertiary/aromatic N) is 2. The van der Waals surface area contributed by atoms with Gasteiger partial charge in [-0.25, -0.2) is 0 Å². The van der Waals surface area contributed by atoms with E-state index in [1.807, 2.05) is 6.08 Å². The quantitative estimate of drug-likeness (QED) is 0.590. The Bertz CT molecular complexity index is 225. The molecule has 1 aliphatic heterocycles. The van der Waals surface area contributed by atoms with Crippen LogP contribution in [-0.2, 0) is 0 Å². The highest BCUT2D eigenvalue weighted by molar-refractivity contribution is 5.73. The van der Waals surface area contributed by atoms with Gasteiger partial charge in [-0.1, -0.05) is 20.8 Å². The Labute approximate surface area is 73.4 Å². The first kappa shape index (κ1) is 9.26. The molecule has 0 radical (unpaired) electrons. The summed E-state index contributed by atoms with van der Waals surface area (Å²) in [6, 6.07) is 0. The molecule has 1 heterocycles. The summed E-state index contributed by atoms with van der Waals surface area (Å²) in [7, 11) is 1.76. The lowest BCUT2D eigenvalue weighted by atomic mass is 9.84. The number of likely N-dealkylation sites (N-methyl/N-ethyl adjacent to an activating group) is 1. The number of hydrazone groups is 1. The monoisotopic (exact) mass is 168 g/mol. The van der Waals surface area contributed by atoms with Gasteiger partial charge in [0.25, 0.3) is 0 Å². The molecule has 3 heteroatoms. The summed E-state index contributed by atoms with van der Waals surface area (Å²) in [6.07, 6.45) is 3.02. The summed E-state index contributed by atoms with van der Waals surface area (Å²) >= 11 is 0. The molecule has 1 unspecified atom stereocenters. The van der Waals surface area contributed by atoms with E-state index in [1.54, 1.807) is 18.3 Å². The third kappa shape index (κ3) is 1.67. The van der Waals surface area contributed by atoms with Gasteiger partial charge in [0.15, 0.2) is 6.23 Å². The molecular formula is C9H16N2O. The highest BCUT2D eigenvalue weighted by Gasteiger charge is 2.27. The van der Waals surface area contributed by atoms with E-state index >= 15 is 0 Å². The van der Waals surface area contributed by atoms with Gasteiger partial charge in [0.2, 0.25) is 0 Å². The Morgan fingerprint density at radius 2 is 2.08 bits per heavy atom. The maximum absolute atomic E-state index is 9.72. The Balaban J connectivity index is 2.90. The molecule has 0 aliphatic carbocycles. The molecule has 68 valence electrons. The van der Waals surface area contributed by atoms with Crippen molar-refractivity contribution in [2.45, 2.75) is 27.0 Å². The predicted octanol–water partition coefficient (Wildman–Crippen LogP) is 1.21. The fourth-order valence-corrected chi connectivity index (χ4v) is 1.21. The minimum absolute atomic E-state index is 0.000116. The lowest BCUT2D eigenvalue weighted by Gasteiger charge is -2.33. The molecule has 0 aromatic carbocycles. The van der Waals surface area contributed by atoms with E-state index in [-0.39, 0.29) is 5.41 Å². The van der Waals surface area contributed by atoms with Crippen LogP contribution >= 0.6 is 0 Å². The second kappa shape index (κ2) is 2.90. The minimum Gasteiger partial charge on any atom is -0.368 e. The van der Waals surface area contributed by atoms with Crippen molar-refractivity contribution in [3.63, 3.8) is 0 Å². The third-order valence-corrected chi connectivity index (χ3v) is 2.00. The first-order valence-corrected chi connectivity index (χ1v) is 4.08. The third-order valence-electron chi connectivity index (χ3n) is 2.00. The maximum Gasteiger partial charge on any atom is 0.165 e. The molecule has 1 rings (SSSR count). The molecule has 0 amide bonds. The zero-order chi connectivity index (χ0) is 9.35. The van der Waals surface area contributed by atoms with Crippen LogP contribution in [0.3, 0.4) is 0 Å². The molecule has 0 aromatic heterocycles. The van der Waals surface area contributed by atoms with Crippen LogP contribution in [0.2, 0.25) is 0 Å². The van der Waals surface area contributed by atoms with Crippen molar-refractivity contribution in [2.24, 2.45) is 10.5 Å². The van der Waals surface area contributed by atoms with Crippen molar-refractivity contribution in [2.75, 3.05) is 7.05 Å². The molecule has 1 N–H and O–H groups in total. The van der Waals surface area contributed by atoms with Crippen LogP contribution in [0.4, 0.5) is 0 Å². The smallest absolute Gasteiger partial charge is 0.165 e. The van der Waals surface area contributed by atoms with Crippen molar-refractivity contribution in [1.29, 1.82) is 0 Å². The van der Waals surface area contributed by atoms with Gasteiger partial charge < -0.3 is 5.11 Å². The van der Waals surface area contributed by atoms with Crippen LogP contribution in [0, 0.1) is 5.41 Å². The SMILES string of the molecule is CN1N=CC=C(C(C)(C)C)C1O. The summed E-state index contributed by atoms with van der Waals surface area (Å²) in [5, 5.41) is 15.2. The zero-order valence-corrected chi connectivity index (χ0v) is 8.07. The summed E-state index contributed by atoms with van der Waals surface area (Å²) in [5.74, 6) is 0. The van der Waals surface area contributed by atoms with E-state index in [9.17, 15) is 5.11 Å². The van der Waals surface area contributed by atoms with Crippen molar-refractivity contribution in [3.8, 4) is 0 Å². The predicted molar refractivity (Wildman–Crippen MR) is 49.8 cm³/mol. The molecule has 1 aliphatic rings. The number of hydrogen-bond acceptors (Lipinski definition) is 3. The van der Waals surface area contributed by atoms with Crippen molar-refractivity contribution < 1.29 is 5.11 Å². The van der Waals surface area contributed by atoms with Gasteiger partial charge >= 0.3 is 0 Å². The summed E-state index contributed by atoms with van der Waals surface area (Å²) in [4.78, 5) is 0. The molecule has 3 nitrogen and oxygen atoms in total. The van der Waals surface area contributed by atoms with Gasteiger partial charge in [0.05, 0.1) is 0 Å². The molecule has 0 bridgehead atoms. The van der Waals surface area contributed by atoms with Gasteiger partial charge in [-0.2, -0.15) is 5.10 Å². The molecule has 0 fully saturated rings. The van der Waals surface area contributed by atoms with E-state index in [1.165, 1.54) is 0 Å². The number of hydrogen-bond donors (Lipinski definition) is 1. The molecule has 0 spiro atoms. The topological polar surface area (TPSA) is 35.8 Å². The van der Waals surface area contributed by atoms with Crippen molar-refractivity contribution in [3.05, 3.63) is 11.6 Å². The van der Waals surface area contributed by atoms with Crippen LogP contribution < -0.4 is 0 Å². The Kier molecular flexibility index (Phi) is 2.24. The van der Waals surface area contributed by atoms with Gasteiger partial charge in [-0.3, -0.25) is 5.01 Å². The van der Waals surface area contributed by atoms with E-state index in [0.29, 0.717) is 0 Å². The molecule has 12 heavy (non-hydrogen) atoms. The average Bonchev–Trinajstić information content (AvgIpc) is 1.92. The molecule has 0 saturated heterocycles. The van der Waals surface area contributed by atoms with Gasteiger partial charge in [-0.15, -0.1) is 0 Å². The average molecular weight is 168 g/mol. The van der Waals surface area contributed by atoms with E-state index in [4.69, 9.17) is 0 Å². The largest absolute Gasteiger partial charge is 0.368 e. The highest BCUT2D eigenvalue weighted by Crippen LogP contribution is 2.29. The second-order valence-corrected chi connectivity index (χ2v) is 4.08. The lowest BCUT2D eigenvalue weighted by Crippen LogP contribution is -2.36. The van der Waals surface area contributed by atoms with E-state index in [2.05, 4.69) is 25.9 Å². The normalized spacial score (nSPS) is 24.2. The molecule has 1 atom stereocenters. The molecule has 0 aromatic rings.